The third kappa shape index (κ3) is 43.4. The molecule has 5 heavy (non-hydrogen) atoms. The summed E-state index contributed by atoms with van der Waals surface area (Å²) in [6, 6.07) is 0. The van der Waals surface area contributed by atoms with E-state index in [4.69, 9.17) is 0 Å². The van der Waals surface area contributed by atoms with Gasteiger partial charge in [-0.15, -0.1) is 0 Å². The first-order valence-electron chi connectivity index (χ1n) is 0.816. The molecule has 0 aromatic heterocycles. The number of hydrogen-bond donors (Lipinski definition) is 0. The van der Waals surface area contributed by atoms with Gasteiger partial charge in [-0.05, 0) is 0 Å². The second kappa shape index (κ2) is 19.8. The molecule has 0 rings (SSSR count). The van der Waals surface area contributed by atoms with Crippen molar-refractivity contribution in [2.24, 2.45) is 0 Å². The van der Waals surface area contributed by atoms with Crippen molar-refractivity contribution < 1.29 is 19.5 Å². The van der Waals surface area contributed by atoms with Crippen molar-refractivity contribution in [3.8, 4) is 0 Å². The molecule has 0 unspecified atom stereocenters. The van der Waals surface area contributed by atoms with Crippen LogP contribution in [-0.2, 0) is 19.5 Å². The molecule has 0 bridgehead atoms. The Labute approximate surface area is 62.7 Å². The number of allylic oxidation sites excluding steroid dienone is 1. The molecule has 0 radical (unpaired) electrons. The first kappa shape index (κ1) is 16.6. The summed E-state index contributed by atoms with van der Waals surface area (Å²) in [5.74, 6) is 0. The third-order valence-corrected chi connectivity index (χ3v) is 0. The summed E-state index contributed by atoms with van der Waals surface area (Å²) in [4.78, 5) is 0. The average Bonchev–Trinajstić information content (AvgIpc) is 0.918. The van der Waals surface area contributed by atoms with E-state index >= 15 is 0 Å². The quantitative estimate of drug-likeness (QED) is 0.390. The van der Waals surface area contributed by atoms with Crippen LogP contribution in [0.25, 0.3) is 0 Å². The largest absolute Gasteiger partial charge is 0 e. The topological polar surface area (TPSA) is 0 Å². The van der Waals surface area contributed by atoms with E-state index in [0.29, 0.717) is 0 Å². The fourth-order valence-corrected chi connectivity index (χ4v) is 0. The number of hydrogen-bond acceptors (Lipinski definition) is 0. The van der Waals surface area contributed by atoms with Crippen LogP contribution < -0.4 is 0 Å². The fourth-order valence-electron chi connectivity index (χ4n) is 0. The first-order chi connectivity index (χ1) is 1.41. The smallest absolute Gasteiger partial charge is 0 e. The van der Waals surface area contributed by atoms with Crippen LogP contribution in [0.2, 0.25) is 0 Å². The molecule has 0 aliphatic heterocycles. The standard InChI is InChI=1S/C3H5.Sn.Zn.4H/c1-3-2;;;;;;/h3H,1-2H2;;;;;;/q-1;;;;;;. The van der Waals surface area contributed by atoms with Gasteiger partial charge in [0, 0.05) is 19.5 Å². The SMILES string of the molecule is C=C[CH2-].[SnH4].[Zn]. The summed E-state index contributed by atoms with van der Waals surface area (Å²) in [5, 5.41) is 0. The second-order valence-electron chi connectivity index (χ2n) is 0.289. The van der Waals surface area contributed by atoms with Gasteiger partial charge in [0.1, 0.15) is 0 Å². The van der Waals surface area contributed by atoms with Crippen LogP contribution in [0.3, 0.4) is 0 Å². The van der Waals surface area contributed by atoms with Gasteiger partial charge in [-0.3, -0.25) is 0 Å². The monoisotopic (exact) mass is 229 g/mol. The molecule has 0 nitrogen and oxygen atoms in total. The zero-order chi connectivity index (χ0) is 2.71. The van der Waals surface area contributed by atoms with E-state index < -0.39 is 0 Å². The van der Waals surface area contributed by atoms with Crippen LogP contribution >= 0.6 is 0 Å². The maximum Gasteiger partial charge on any atom is 0 e. The van der Waals surface area contributed by atoms with Crippen molar-refractivity contribution in [1.29, 1.82) is 0 Å². The minimum Gasteiger partial charge on any atom is 0 e. The third-order valence-electron chi connectivity index (χ3n) is 0. The van der Waals surface area contributed by atoms with Crippen LogP contribution in [0.1, 0.15) is 0 Å². The molecule has 0 aromatic carbocycles. The van der Waals surface area contributed by atoms with Gasteiger partial charge in [0.15, 0.2) is 0 Å². The average molecular weight is 229 g/mol. The molecular weight excluding hydrogens is 220 g/mol. The summed E-state index contributed by atoms with van der Waals surface area (Å²) in [6.07, 6.45) is 1.50. The van der Waals surface area contributed by atoms with E-state index in [1.54, 1.807) is 0 Å². The maximum absolute atomic E-state index is 3.25. The van der Waals surface area contributed by atoms with Gasteiger partial charge >= 0.3 is 23.9 Å². The van der Waals surface area contributed by atoms with Gasteiger partial charge in [-0.2, -0.15) is 0 Å². The minimum absolute atomic E-state index is 0. The van der Waals surface area contributed by atoms with Crippen molar-refractivity contribution in [2.75, 3.05) is 0 Å². The van der Waals surface area contributed by atoms with Gasteiger partial charge in [-0.1, -0.05) is 0 Å². The maximum atomic E-state index is 3.25. The van der Waals surface area contributed by atoms with Gasteiger partial charge in [-0.25, -0.2) is 19.6 Å². The molecule has 0 spiro atoms. The molecule has 0 atom stereocenters. The van der Waals surface area contributed by atoms with Crippen LogP contribution in [-0.4, -0.2) is 23.9 Å². The van der Waals surface area contributed by atoms with Gasteiger partial charge in [0.05, 0.1) is 0 Å². The van der Waals surface area contributed by atoms with E-state index in [1.807, 2.05) is 0 Å². The Balaban J connectivity index is -0.0000000200. The Kier molecular flexibility index (Phi) is 65.8. The predicted molar refractivity (Wildman–Crippen MR) is 26.9 cm³/mol. The first-order valence-corrected chi connectivity index (χ1v) is 0.816. The molecule has 0 aromatic rings. The summed E-state index contributed by atoms with van der Waals surface area (Å²) in [6.45, 7) is 6.50. The predicted octanol–water partition coefficient (Wildman–Crippen LogP) is -0.448. The molecule has 0 saturated heterocycles. The van der Waals surface area contributed by atoms with Crippen molar-refractivity contribution >= 4 is 23.9 Å². The van der Waals surface area contributed by atoms with Gasteiger partial charge < -0.3 is 0 Å². The van der Waals surface area contributed by atoms with Crippen LogP contribution in [0.5, 0.6) is 0 Å². The molecule has 0 aliphatic carbocycles. The molecule has 28 valence electrons. The zero-order valence-electron chi connectivity index (χ0n) is 2.70. The van der Waals surface area contributed by atoms with Crippen LogP contribution in [0, 0.1) is 6.92 Å². The Hall–Kier alpha value is 1.03. The summed E-state index contributed by atoms with van der Waals surface area (Å²) < 4.78 is 0. The summed E-state index contributed by atoms with van der Waals surface area (Å²) >= 11 is 0. The van der Waals surface area contributed by atoms with Gasteiger partial charge in [0.2, 0.25) is 0 Å². The Morgan fingerprint density at radius 1 is 1.60 bits per heavy atom. The van der Waals surface area contributed by atoms with Crippen molar-refractivity contribution in [1.82, 2.24) is 0 Å². The molecule has 2 heteroatoms. The van der Waals surface area contributed by atoms with E-state index in [-0.39, 0.29) is 43.4 Å². The Morgan fingerprint density at radius 3 is 1.60 bits per heavy atom. The van der Waals surface area contributed by atoms with Crippen LogP contribution in [0.15, 0.2) is 12.7 Å². The Bertz CT molecular complexity index is 14.4. The van der Waals surface area contributed by atoms with E-state index in [2.05, 4.69) is 13.5 Å². The minimum atomic E-state index is 0. The van der Waals surface area contributed by atoms with E-state index in [0.717, 1.165) is 0 Å². The Morgan fingerprint density at radius 2 is 1.60 bits per heavy atom. The fraction of sp³-hybridized carbons (Fsp3) is 0. The second-order valence-corrected chi connectivity index (χ2v) is 0.289. The zero-order valence-corrected chi connectivity index (χ0v) is 5.67. The molecule has 0 saturated carbocycles. The van der Waals surface area contributed by atoms with E-state index in [9.17, 15) is 0 Å². The molecule has 0 fully saturated rings. The van der Waals surface area contributed by atoms with Crippen LogP contribution in [0.4, 0.5) is 0 Å². The summed E-state index contributed by atoms with van der Waals surface area (Å²) in [5.41, 5.74) is 0. The molecule has 0 amide bonds. The molecule has 0 aliphatic rings. The normalized spacial score (nSPS) is 2.40. The molecular formula is C3H9SnZn-. The summed E-state index contributed by atoms with van der Waals surface area (Å²) in [7, 11) is 0. The van der Waals surface area contributed by atoms with E-state index in [1.165, 1.54) is 6.08 Å². The van der Waals surface area contributed by atoms with Crippen molar-refractivity contribution in [2.45, 2.75) is 0 Å². The van der Waals surface area contributed by atoms with Crippen molar-refractivity contribution in [3.63, 3.8) is 0 Å². The van der Waals surface area contributed by atoms with Gasteiger partial charge in [0.25, 0.3) is 0 Å². The molecule has 0 heterocycles. The number of rotatable bonds is 0. The molecule has 0 N–H and O–H groups in total. The van der Waals surface area contributed by atoms with Crippen molar-refractivity contribution in [3.05, 3.63) is 19.6 Å².